The van der Waals surface area contributed by atoms with Crippen LogP contribution >= 0.6 is 0 Å². The summed E-state index contributed by atoms with van der Waals surface area (Å²) in [6.07, 6.45) is -0.380. The van der Waals surface area contributed by atoms with E-state index >= 15 is 0 Å². The summed E-state index contributed by atoms with van der Waals surface area (Å²) >= 11 is 0. The quantitative estimate of drug-likeness (QED) is 0.593. The fourth-order valence-corrected chi connectivity index (χ4v) is 4.72. The van der Waals surface area contributed by atoms with Crippen molar-refractivity contribution >= 4 is 17.9 Å². The zero-order valence-corrected chi connectivity index (χ0v) is 19.4. The van der Waals surface area contributed by atoms with Crippen LogP contribution in [0.25, 0.3) is 11.3 Å². The van der Waals surface area contributed by atoms with Crippen molar-refractivity contribution in [3.8, 4) is 17.3 Å². The van der Waals surface area contributed by atoms with Gasteiger partial charge in [-0.25, -0.2) is 18.6 Å². The molecule has 0 saturated carbocycles. The molecule has 8 nitrogen and oxygen atoms in total. The van der Waals surface area contributed by atoms with E-state index in [1.807, 2.05) is 0 Å². The summed E-state index contributed by atoms with van der Waals surface area (Å²) in [5.41, 5.74) is -0.534. The summed E-state index contributed by atoms with van der Waals surface area (Å²) in [6.45, 7) is 9.42. The maximum Gasteiger partial charge on any atom is 0.405 e. The molecule has 33 heavy (non-hydrogen) atoms. The predicted octanol–water partition coefficient (Wildman–Crippen LogP) is 4.12. The molecule has 10 heteroatoms. The number of amides is 1. The number of nitrogens with one attached hydrogen (secondary N) is 2. The van der Waals surface area contributed by atoms with Gasteiger partial charge < -0.3 is 15.7 Å². The van der Waals surface area contributed by atoms with Gasteiger partial charge in [-0.1, -0.05) is 6.92 Å². The molecule has 3 rings (SSSR count). The fourth-order valence-electron chi connectivity index (χ4n) is 4.72. The van der Waals surface area contributed by atoms with Gasteiger partial charge in [0.1, 0.15) is 29.8 Å². The monoisotopic (exact) mass is 459 g/mol. The van der Waals surface area contributed by atoms with Crippen LogP contribution < -0.4 is 15.1 Å². The molecule has 1 aromatic heterocycles. The minimum Gasteiger partial charge on any atom is -0.465 e. The van der Waals surface area contributed by atoms with Gasteiger partial charge in [0.2, 0.25) is 11.8 Å². The Bertz CT molecular complexity index is 1090. The maximum atomic E-state index is 14.3. The third-order valence-corrected chi connectivity index (χ3v) is 6.28. The van der Waals surface area contributed by atoms with Crippen molar-refractivity contribution in [1.29, 1.82) is 5.26 Å². The van der Waals surface area contributed by atoms with Crippen LogP contribution in [0.1, 0.15) is 39.7 Å². The molecular formula is C23H29F2N6O2+. The molecule has 1 unspecified atom stereocenters. The number of nitriles is 1. The van der Waals surface area contributed by atoms with Gasteiger partial charge in [-0.05, 0) is 39.3 Å². The third-order valence-electron chi connectivity index (χ3n) is 6.28. The molecule has 1 saturated heterocycles. The summed E-state index contributed by atoms with van der Waals surface area (Å²) < 4.78 is 29.0. The molecule has 2 aromatic rings. The Kier molecular flexibility index (Phi) is 6.56. The second kappa shape index (κ2) is 8.90. The second-order valence-electron chi connectivity index (χ2n) is 9.60. The summed E-state index contributed by atoms with van der Waals surface area (Å²) in [5, 5.41) is 23.8. The average Bonchev–Trinajstić information content (AvgIpc) is 2.71. The van der Waals surface area contributed by atoms with E-state index in [0.717, 1.165) is 12.1 Å². The molecule has 0 radical (unpaired) electrons. The van der Waals surface area contributed by atoms with E-state index in [-0.39, 0.29) is 29.0 Å². The predicted molar refractivity (Wildman–Crippen MR) is 122 cm³/mol. The number of hydrogen-bond donors (Lipinski definition) is 3. The van der Waals surface area contributed by atoms with Gasteiger partial charge in [-0.2, -0.15) is 10.2 Å². The topological polar surface area (TPSA) is 111 Å². The lowest BCUT2D eigenvalue weighted by molar-refractivity contribution is 0.0652. The number of hydrogen-bond acceptors (Lipinski definition) is 5. The molecule has 0 spiro atoms. The van der Waals surface area contributed by atoms with E-state index in [9.17, 15) is 18.7 Å². The molecule has 1 aliphatic rings. The van der Waals surface area contributed by atoms with Crippen molar-refractivity contribution in [2.75, 3.05) is 25.5 Å². The highest BCUT2D eigenvalue weighted by Crippen LogP contribution is 2.39. The van der Waals surface area contributed by atoms with Crippen LogP contribution in [-0.4, -0.2) is 52.9 Å². The lowest BCUT2D eigenvalue weighted by Crippen LogP contribution is -2.70. The molecular weight excluding hydrogens is 430 g/mol. The number of halogens is 2. The Morgan fingerprint density at radius 2 is 1.85 bits per heavy atom. The smallest absolute Gasteiger partial charge is 0.405 e. The van der Waals surface area contributed by atoms with Crippen LogP contribution in [0, 0.1) is 28.9 Å². The van der Waals surface area contributed by atoms with E-state index in [4.69, 9.17) is 10.2 Å². The number of likely N-dealkylation sites (tertiary alicyclic amines) is 1. The number of quaternary nitrogens is 1. The standard InChI is InChI=1S/C23H28F2N6O2/c1-13-6-15(28-22(32)33)12-31(11-13,23(2,3)4)20-9-19(29-21(27-5)30-20)14-7-17(24)16(10-26)18(25)8-14/h7-9,13,15,28H,6,11-12H2,1-5H3,(H-,27,29,30,32,33)/p+1/t13-,15-,31?/m1/s1. The minimum absolute atomic E-state index is 0.182. The molecule has 1 fully saturated rings. The van der Waals surface area contributed by atoms with E-state index in [1.165, 1.54) is 6.07 Å². The minimum atomic E-state index is -1.08. The first kappa shape index (κ1) is 24.3. The first-order valence-electron chi connectivity index (χ1n) is 10.7. The van der Waals surface area contributed by atoms with Crippen LogP contribution in [-0.2, 0) is 0 Å². The zero-order valence-electron chi connectivity index (χ0n) is 19.4. The highest BCUT2D eigenvalue weighted by molar-refractivity contribution is 5.67. The second-order valence-corrected chi connectivity index (χ2v) is 9.60. The van der Waals surface area contributed by atoms with Crippen LogP contribution in [0.5, 0.6) is 0 Å². The van der Waals surface area contributed by atoms with E-state index in [2.05, 4.69) is 43.3 Å². The number of carbonyl (C=O) groups is 1. The lowest BCUT2D eigenvalue weighted by Gasteiger charge is -2.52. The van der Waals surface area contributed by atoms with Gasteiger partial charge in [0.05, 0.1) is 23.8 Å². The van der Waals surface area contributed by atoms with Crippen LogP contribution in [0.3, 0.4) is 0 Å². The van der Waals surface area contributed by atoms with Gasteiger partial charge in [-0.15, -0.1) is 0 Å². The Hall–Kier alpha value is -3.32. The maximum absolute atomic E-state index is 14.3. The molecule has 1 aromatic carbocycles. The number of aromatic nitrogens is 2. The van der Waals surface area contributed by atoms with Gasteiger partial charge in [0, 0.05) is 24.6 Å². The fraction of sp³-hybridized carbons (Fsp3) is 0.478. The molecule has 176 valence electrons. The van der Waals surface area contributed by atoms with Crippen LogP contribution in [0.2, 0.25) is 0 Å². The number of anilines is 1. The molecule has 3 N–H and O–H groups in total. The van der Waals surface area contributed by atoms with Crippen molar-refractivity contribution in [2.45, 2.75) is 45.7 Å². The van der Waals surface area contributed by atoms with Gasteiger partial charge in [0.25, 0.3) is 0 Å². The van der Waals surface area contributed by atoms with Crippen molar-refractivity contribution in [3.05, 3.63) is 35.4 Å². The number of benzene rings is 1. The Labute approximate surface area is 191 Å². The highest BCUT2D eigenvalue weighted by atomic mass is 19.1. The summed E-state index contributed by atoms with van der Waals surface area (Å²) in [7, 11) is 1.65. The Morgan fingerprint density at radius 3 is 2.36 bits per heavy atom. The summed E-state index contributed by atoms with van der Waals surface area (Å²) in [6, 6.07) is 5.11. The van der Waals surface area contributed by atoms with Gasteiger partial charge in [-0.3, -0.25) is 4.48 Å². The first-order valence-corrected chi connectivity index (χ1v) is 10.7. The zero-order chi connectivity index (χ0) is 24.6. The first-order chi connectivity index (χ1) is 15.4. The van der Waals surface area contributed by atoms with Crippen molar-refractivity contribution < 1.29 is 18.7 Å². The SMILES string of the molecule is CNc1nc(-c2cc(F)c(C#N)c(F)c2)cc([N+]2(C(C)(C)C)C[C@H](C)C[C@@H](NC(=O)O)C2)n1. The van der Waals surface area contributed by atoms with Crippen molar-refractivity contribution in [1.82, 2.24) is 19.8 Å². The molecule has 3 atom stereocenters. The molecule has 2 heterocycles. The number of carboxylic acid groups (broad SMARTS) is 1. The number of nitrogens with zero attached hydrogens (tertiary/aromatic N) is 4. The van der Waals surface area contributed by atoms with Crippen LogP contribution in [0.4, 0.5) is 25.3 Å². The van der Waals surface area contributed by atoms with Gasteiger partial charge >= 0.3 is 6.09 Å². The molecule has 1 aliphatic heterocycles. The van der Waals surface area contributed by atoms with Crippen molar-refractivity contribution in [3.63, 3.8) is 0 Å². The van der Waals surface area contributed by atoms with E-state index < -0.39 is 23.3 Å². The molecule has 0 aliphatic carbocycles. The third kappa shape index (κ3) is 4.73. The normalized spacial score (nSPS) is 23.0. The average molecular weight is 460 g/mol. The lowest BCUT2D eigenvalue weighted by atomic mass is 9.87. The summed E-state index contributed by atoms with van der Waals surface area (Å²) in [5.74, 6) is -0.844. The largest absolute Gasteiger partial charge is 0.465 e. The number of piperidine rings is 1. The van der Waals surface area contributed by atoms with Crippen LogP contribution in [0.15, 0.2) is 18.2 Å². The van der Waals surface area contributed by atoms with Gasteiger partial charge in [0.15, 0.2) is 0 Å². The van der Waals surface area contributed by atoms with Crippen molar-refractivity contribution in [2.24, 2.45) is 5.92 Å². The summed E-state index contributed by atoms with van der Waals surface area (Å²) in [4.78, 5) is 20.5. The molecule has 0 bridgehead atoms. The highest BCUT2D eigenvalue weighted by Gasteiger charge is 2.50. The molecule has 1 amide bonds. The van der Waals surface area contributed by atoms with E-state index in [0.29, 0.717) is 35.5 Å². The Balaban J connectivity index is 2.21. The Morgan fingerprint density at radius 1 is 1.21 bits per heavy atom. The van der Waals surface area contributed by atoms with E-state index in [1.54, 1.807) is 13.1 Å². The number of rotatable bonds is 4.